The van der Waals surface area contributed by atoms with Gasteiger partial charge in [-0.2, -0.15) is 4.39 Å². The number of pyridine rings is 1. The molecule has 18 heavy (non-hydrogen) atoms. The van der Waals surface area contributed by atoms with E-state index < -0.39 is 40.2 Å². The minimum atomic E-state index is -3.16. The lowest BCUT2D eigenvalue weighted by molar-refractivity contribution is -0.388. The number of carbonyl (C=O) groups excluding carboxylic acids is 1. The van der Waals surface area contributed by atoms with Crippen LogP contribution in [0.25, 0.3) is 0 Å². The fourth-order valence-corrected chi connectivity index (χ4v) is 1.15. The topological polar surface area (TPSA) is 82.3 Å². The standard InChI is InChI=1S/C9H7F3N2O4/c1-2-18-9(15)6-7(14(16)17)4(10)3-5(13-6)8(11)12/h3,8H,2H2,1H3. The maximum atomic E-state index is 13.3. The number of rotatable bonds is 4. The zero-order valence-electron chi connectivity index (χ0n) is 9.02. The van der Waals surface area contributed by atoms with Crippen molar-refractivity contribution in [2.75, 3.05) is 6.61 Å². The summed E-state index contributed by atoms with van der Waals surface area (Å²) in [7, 11) is 0. The number of ether oxygens (including phenoxy) is 1. The summed E-state index contributed by atoms with van der Waals surface area (Å²) in [5, 5.41) is 10.6. The Kier molecular flexibility index (Phi) is 4.18. The molecule has 0 N–H and O–H groups in total. The summed E-state index contributed by atoms with van der Waals surface area (Å²) in [6.45, 7) is 1.25. The molecule has 0 atom stereocenters. The largest absolute Gasteiger partial charge is 0.461 e. The van der Waals surface area contributed by atoms with Gasteiger partial charge >= 0.3 is 11.7 Å². The maximum Gasteiger partial charge on any atom is 0.364 e. The van der Waals surface area contributed by atoms with Gasteiger partial charge in [0.2, 0.25) is 11.5 Å². The molecule has 0 fully saturated rings. The minimum absolute atomic E-state index is 0.155. The molecule has 1 aromatic rings. The van der Waals surface area contributed by atoms with Gasteiger partial charge in [0, 0.05) is 6.07 Å². The lowest BCUT2D eigenvalue weighted by Gasteiger charge is -2.05. The molecule has 0 radical (unpaired) electrons. The molecule has 9 heteroatoms. The highest BCUT2D eigenvalue weighted by molar-refractivity contribution is 5.91. The fourth-order valence-electron chi connectivity index (χ4n) is 1.15. The molecule has 0 saturated heterocycles. The molecule has 0 aliphatic rings. The Bertz CT molecular complexity index is 493. The highest BCUT2D eigenvalue weighted by atomic mass is 19.3. The van der Waals surface area contributed by atoms with Crippen molar-refractivity contribution >= 4 is 11.7 Å². The number of aromatic nitrogens is 1. The third kappa shape index (κ3) is 2.73. The van der Waals surface area contributed by atoms with Crippen molar-refractivity contribution in [1.29, 1.82) is 0 Å². The van der Waals surface area contributed by atoms with Crippen LogP contribution in [0.4, 0.5) is 18.9 Å². The summed E-state index contributed by atoms with van der Waals surface area (Å²) < 4.78 is 42.4. The predicted molar refractivity (Wildman–Crippen MR) is 51.8 cm³/mol. The van der Waals surface area contributed by atoms with E-state index in [4.69, 9.17) is 0 Å². The maximum absolute atomic E-state index is 13.3. The summed E-state index contributed by atoms with van der Waals surface area (Å²) in [6.07, 6.45) is -3.16. The first kappa shape index (κ1) is 13.9. The van der Waals surface area contributed by atoms with Gasteiger partial charge in [0.25, 0.3) is 6.43 Å². The monoisotopic (exact) mass is 264 g/mol. The first-order chi connectivity index (χ1) is 8.38. The number of halogens is 3. The molecule has 1 heterocycles. The number of alkyl halides is 2. The number of nitrogens with zero attached hydrogens (tertiary/aromatic N) is 2. The number of nitro groups is 1. The summed E-state index contributed by atoms with van der Waals surface area (Å²) in [5.41, 5.74) is -3.42. The van der Waals surface area contributed by atoms with Crippen molar-refractivity contribution < 1.29 is 27.6 Å². The molecule has 0 bridgehead atoms. The zero-order chi connectivity index (χ0) is 13.9. The van der Waals surface area contributed by atoms with Crippen LogP contribution in [0.2, 0.25) is 0 Å². The van der Waals surface area contributed by atoms with Crippen molar-refractivity contribution in [2.24, 2.45) is 0 Å². The highest BCUT2D eigenvalue weighted by Gasteiger charge is 2.30. The van der Waals surface area contributed by atoms with Crippen LogP contribution in [0.3, 0.4) is 0 Å². The molecule has 1 rings (SSSR count). The summed E-state index contributed by atoms with van der Waals surface area (Å²) in [4.78, 5) is 23.7. The number of carbonyl (C=O) groups is 1. The average molecular weight is 264 g/mol. The van der Waals surface area contributed by atoms with Crippen LogP contribution in [-0.2, 0) is 4.74 Å². The van der Waals surface area contributed by atoms with E-state index in [1.807, 2.05) is 0 Å². The molecule has 1 aromatic heterocycles. The van der Waals surface area contributed by atoms with Crippen LogP contribution in [0, 0.1) is 15.9 Å². The summed E-state index contributed by atoms with van der Waals surface area (Å²) >= 11 is 0. The number of esters is 1. The second-order valence-electron chi connectivity index (χ2n) is 3.00. The van der Waals surface area contributed by atoms with Crippen molar-refractivity contribution in [1.82, 2.24) is 4.98 Å². The van der Waals surface area contributed by atoms with Crippen molar-refractivity contribution in [2.45, 2.75) is 13.3 Å². The van der Waals surface area contributed by atoms with Gasteiger partial charge in [-0.25, -0.2) is 18.6 Å². The number of hydrogen-bond acceptors (Lipinski definition) is 5. The van der Waals surface area contributed by atoms with E-state index in [1.54, 1.807) is 0 Å². The third-order valence-corrected chi connectivity index (χ3v) is 1.84. The van der Waals surface area contributed by atoms with Crippen LogP contribution >= 0.6 is 0 Å². The van der Waals surface area contributed by atoms with Crippen LogP contribution in [0.15, 0.2) is 6.07 Å². The van der Waals surface area contributed by atoms with E-state index in [0.717, 1.165) is 0 Å². The van der Waals surface area contributed by atoms with E-state index in [2.05, 4.69) is 9.72 Å². The Labute approximate surface area is 98.5 Å². The average Bonchev–Trinajstić information content (AvgIpc) is 2.27. The molecule has 0 saturated carbocycles. The molecule has 0 unspecified atom stereocenters. The second-order valence-corrected chi connectivity index (χ2v) is 3.00. The predicted octanol–water partition coefficient (Wildman–Crippen LogP) is 2.24. The number of hydrogen-bond donors (Lipinski definition) is 0. The smallest absolute Gasteiger partial charge is 0.364 e. The SMILES string of the molecule is CCOC(=O)c1nc(C(F)F)cc(F)c1[N+](=O)[O-]. The van der Waals surface area contributed by atoms with E-state index in [-0.39, 0.29) is 12.7 Å². The highest BCUT2D eigenvalue weighted by Crippen LogP contribution is 2.26. The molecule has 98 valence electrons. The Hall–Kier alpha value is -2.19. The molecule has 0 aliphatic carbocycles. The van der Waals surface area contributed by atoms with Gasteiger partial charge in [-0.1, -0.05) is 0 Å². The molecule has 0 aliphatic heterocycles. The minimum Gasteiger partial charge on any atom is -0.461 e. The van der Waals surface area contributed by atoms with Crippen LogP contribution in [0.5, 0.6) is 0 Å². The first-order valence-electron chi connectivity index (χ1n) is 4.68. The van der Waals surface area contributed by atoms with E-state index in [0.29, 0.717) is 0 Å². The Balaban J connectivity index is 3.42. The second kappa shape index (κ2) is 5.43. The van der Waals surface area contributed by atoms with Crippen molar-refractivity contribution in [3.63, 3.8) is 0 Å². The van der Waals surface area contributed by atoms with Crippen LogP contribution in [0.1, 0.15) is 29.5 Å². The van der Waals surface area contributed by atoms with Gasteiger partial charge in [0.15, 0.2) is 0 Å². The van der Waals surface area contributed by atoms with Gasteiger partial charge in [-0.05, 0) is 6.92 Å². The third-order valence-electron chi connectivity index (χ3n) is 1.84. The van der Waals surface area contributed by atoms with Gasteiger partial charge < -0.3 is 4.74 Å². The Morgan fingerprint density at radius 3 is 2.67 bits per heavy atom. The quantitative estimate of drug-likeness (QED) is 0.473. The normalized spacial score (nSPS) is 10.5. The Morgan fingerprint density at radius 2 is 2.22 bits per heavy atom. The Morgan fingerprint density at radius 1 is 1.61 bits per heavy atom. The van der Waals surface area contributed by atoms with Gasteiger partial charge in [0.1, 0.15) is 5.69 Å². The van der Waals surface area contributed by atoms with E-state index >= 15 is 0 Å². The van der Waals surface area contributed by atoms with E-state index in [9.17, 15) is 28.1 Å². The first-order valence-corrected chi connectivity index (χ1v) is 4.68. The summed E-state index contributed by atoms with van der Waals surface area (Å²) in [6, 6.07) is 0.214. The lowest BCUT2D eigenvalue weighted by Crippen LogP contribution is -2.13. The molecule has 6 nitrogen and oxygen atoms in total. The van der Waals surface area contributed by atoms with Crippen molar-refractivity contribution in [3.8, 4) is 0 Å². The fraction of sp³-hybridized carbons (Fsp3) is 0.333. The molecular formula is C9H7F3N2O4. The van der Waals surface area contributed by atoms with Gasteiger partial charge in [-0.15, -0.1) is 0 Å². The van der Waals surface area contributed by atoms with Crippen LogP contribution in [-0.4, -0.2) is 22.5 Å². The van der Waals surface area contributed by atoms with Crippen LogP contribution < -0.4 is 0 Å². The lowest BCUT2D eigenvalue weighted by atomic mass is 10.2. The molecule has 0 amide bonds. The van der Waals surface area contributed by atoms with Gasteiger partial charge in [0.05, 0.1) is 11.5 Å². The van der Waals surface area contributed by atoms with Crippen molar-refractivity contribution in [3.05, 3.63) is 33.4 Å². The zero-order valence-corrected chi connectivity index (χ0v) is 9.02. The molecular weight excluding hydrogens is 257 g/mol. The molecule has 0 spiro atoms. The summed E-state index contributed by atoms with van der Waals surface area (Å²) in [5.74, 6) is -2.89. The van der Waals surface area contributed by atoms with Gasteiger partial charge in [-0.3, -0.25) is 10.1 Å². The van der Waals surface area contributed by atoms with E-state index in [1.165, 1.54) is 6.92 Å². The molecule has 0 aromatic carbocycles.